The molecule has 0 bridgehead atoms. The molecule has 0 radical (unpaired) electrons. The molecular weight excluding hydrogens is 438 g/mol. The van der Waals surface area contributed by atoms with E-state index in [4.69, 9.17) is 16.3 Å². The van der Waals surface area contributed by atoms with Crippen molar-refractivity contribution in [2.45, 2.75) is 31.8 Å². The summed E-state index contributed by atoms with van der Waals surface area (Å²) in [4.78, 5) is 2.40. The Morgan fingerprint density at radius 2 is 1.68 bits per heavy atom. The highest BCUT2D eigenvalue weighted by atomic mass is 79.9. The molecule has 1 heterocycles. The molecule has 0 aliphatic carbocycles. The molecule has 0 aromatic heterocycles. The molecule has 2 aromatic carbocycles. The van der Waals surface area contributed by atoms with Crippen LogP contribution in [0.2, 0.25) is 5.02 Å². The Morgan fingerprint density at radius 1 is 1.07 bits per heavy atom. The Morgan fingerprint density at radius 3 is 2.25 bits per heavy atom. The molecule has 1 saturated heterocycles. The van der Waals surface area contributed by atoms with Gasteiger partial charge in [-0.2, -0.15) is 0 Å². The molecule has 2 unspecified atom stereocenters. The van der Waals surface area contributed by atoms with Crippen LogP contribution in [-0.2, 0) is 10.3 Å². The summed E-state index contributed by atoms with van der Waals surface area (Å²) in [5.74, 6) is 0.291. The molecule has 152 valence electrons. The van der Waals surface area contributed by atoms with Gasteiger partial charge in [0.2, 0.25) is 0 Å². The molecule has 2 aromatic rings. The van der Waals surface area contributed by atoms with Crippen molar-refractivity contribution in [1.82, 2.24) is 4.90 Å². The first-order valence-electron chi connectivity index (χ1n) is 9.92. The predicted octanol–water partition coefficient (Wildman–Crippen LogP) is 5.45. The zero-order valence-electron chi connectivity index (χ0n) is 16.6. The van der Waals surface area contributed by atoms with Crippen molar-refractivity contribution in [3.05, 3.63) is 69.2 Å². The minimum atomic E-state index is -0.971. The number of ether oxygens (including phenoxy) is 1. The van der Waals surface area contributed by atoms with E-state index in [1.807, 2.05) is 36.4 Å². The van der Waals surface area contributed by atoms with Crippen molar-refractivity contribution in [2.24, 2.45) is 5.92 Å². The highest BCUT2D eigenvalue weighted by molar-refractivity contribution is 9.10. The first-order valence-corrected chi connectivity index (χ1v) is 11.1. The zero-order valence-corrected chi connectivity index (χ0v) is 18.9. The van der Waals surface area contributed by atoms with E-state index < -0.39 is 5.60 Å². The topological polar surface area (TPSA) is 32.7 Å². The van der Waals surface area contributed by atoms with Gasteiger partial charge < -0.3 is 9.84 Å². The Hall–Kier alpha value is -0.910. The molecular formula is C23H29BrClNO2. The lowest BCUT2D eigenvalue weighted by molar-refractivity contribution is -0.0356. The molecule has 1 fully saturated rings. The van der Waals surface area contributed by atoms with Gasteiger partial charge in [0.25, 0.3) is 0 Å². The van der Waals surface area contributed by atoms with E-state index in [2.05, 4.69) is 46.8 Å². The summed E-state index contributed by atoms with van der Waals surface area (Å²) >= 11 is 9.66. The van der Waals surface area contributed by atoms with Crippen LogP contribution >= 0.6 is 27.5 Å². The molecule has 3 rings (SSSR count). The lowest BCUT2D eigenvalue weighted by Gasteiger charge is -2.42. The maximum absolute atomic E-state index is 12.2. The van der Waals surface area contributed by atoms with Crippen LogP contribution in [0.1, 0.15) is 37.3 Å². The standard InChI is InChI=1S/C23H29BrClNO2/c1-17(2)15-23(27,19-5-7-20(24)8-6-19)22(16-26-11-13-28-14-12-26)18-3-9-21(25)10-4-18/h3-10,17,22,27H,11-16H2,1-2H3. The van der Waals surface area contributed by atoms with Gasteiger partial charge in [-0.25, -0.2) is 0 Å². The Bertz CT molecular complexity index is 744. The fourth-order valence-corrected chi connectivity index (χ4v) is 4.48. The van der Waals surface area contributed by atoms with E-state index in [0.29, 0.717) is 17.4 Å². The number of aliphatic hydroxyl groups is 1. The van der Waals surface area contributed by atoms with Gasteiger partial charge in [0.05, 0.1) is 18.8 Å². The van der Waals surface area contributed by atoms with Crippen LogP contribution < -0.4 is 0 Å². The number of morpholine rings is 1. The fourth-order valence-electron chi connectivity index (χ4n) is 4.09. The summed E-state index contributed by atoms with van der Waals surface area (Å²) in [7, 11) is 0. The van der Waals surface area contributed by atoms with Gasteiger partial charge in [0.1, 0.15) is 0 Å². The largest absolute Gasteiger partial charge is 0.384 e. The van der Waals surface area contributed by atoms with Gasteiger partial charge in [-0.05, 0) is 47.7 Å². The molecule has 1 N–H and O–H groups in total. The van der Waals surface area contributed by atoms with Crippen LogP contribution in [0.15, 0.2) is 53.0 Å². The van der Waals surface area contributed by atoms with Gasteiger partial charge in [-0.15, -0.1) is 0 Å². The van der Waals surface area contributed by atoms with Gasteiger partial charge in [0.15, 0.2) is 0 Å². The summed E-state index contributed by atoms with van der Waals surface area (Å²) in [5, 5.41) is 12.9. The van der Waals surface area contributed by atoms with E-state index in [1.165, 1.54) is 0 Å². The number of halogens is 2. The zero-order chi connectivity index (χ0) is 20.1. The average Bonchev–Trinajstić information content (AvgIpc) is 2.67. The van der Waals surface area contributed by atoms with Gasteiger partial charge in [-0.1, -0.05) is 65.6 Å². The van der Waals surface area contributed by atoms with Crippen LogP contribution in [-0.4, -0.2) is 42.9 Å². The molecule has 0 spiro atoms. The van der Waals surface area contributed by atoms with E-state index in [-0.39, 0.29) is 5.92 Å². The molecule has 0 amide bonds. The predicted molar refractivity (Wildman–Crippen MR) is 119 cm³/mol. The first-order chi connectivity index (χ1) is 13.4. The molecule has 5 heteroatoms. The summed E-state index contributed by atoms with van der Waals surface area (Å²) < 4.78 is 6.54. The molecule has 3 nitrogen and oxygen atoms in total. The summed E-state index contributed by atoms with van der Waals surface area (Å²) in [5.41, 5.74) is 1.10. The minimum Gasteiger partial charge on any atom is -0.384 e. The van der Waals surface area contributed by atoms with Gasteiger partial charge in [-0.3, -0.25) is 4.90 Å². The highest BCUT2D eigenvalue weighted by Crippen LogP contribution is 2.43. The quantitative estimate of drug-likeness (QED) is 0.589. The maximum atomic E-state index is 12.2. The second kappa shape index (κ2) is 9.73. The van der Waals surface area contributed by atoms with Gasteiger partial charge >= 0.3 is 0 Å². The number of rotatable bonds is 7. The summed E-state index contributed by atoms with van der Waals surface area (Å²) in [6.45, 7) is 8.38. The first kappa shape index (κ1) is 21.8. The highest BCUT2D eigenvalue weighted by Gasteiger charge is 2.41. The van der Waals surface area contributed by atoms with Crippen LogP contribution in [0.3, 0.4) is 0 Å². The Balaban J connectivity index is 2.03. The Kier molecular flexibility index (Phi) is 7.57. The molecule has 0 saturated carbocycles. The number of hydrogen-bond acceptors (Lipinski definition) is 3. The molecule has 1 aliphatic rings. The lowest BCUT2D eigenvalue weighted by Crippen LogP contribution is -2.45. The second-order valence-corrected chi connectivity index (χ2v) is 9.40. The minimum absolute atomic E-state index is 0.0635. The van der Waals surface area contributed by atoms with Gasteiger partial charge in [0, 0.05) is 35.0 Å². The van der Waals surface area contributed by atoms with Crippen LogP contribution in [0, 0.1) is 5.92 Å². The fraction of sp³-hybridized carbons (Fsp3) is 0.478. The SMILES string of the molecule is CC(C)CC(O)(c1ccc(Br)cc1)C(CN1CCOCC1)c1ccc(Cl)cc1. The van der Waals surface area contributed by atoms with Crippen molar-refractivity contribution in [2.75, 3.05) is 32.8 Å². The van der Waals surface area contributed by atoms with E-state index >= 15 is 0 Å². The number of nitrogens with zero attached hydrogens (tertiary/aromatic N) is 1. The van der Waals surface area contributed by atoms with Crippen LogP contribution in [0.25, 0.3) is 0 Å². The van der Waals surface area contributed by atoms with E-state index in [0.717, 1.165) is 48.4 Å². The molecule has 1 aliphatic heterocycles. The molecule has 28 heavy (non-hydrogen) atoms. The second-order valence-electron chi connectivity index (χ2n) is 8.05. The smallest absolute Gasteiger partial charge is 0.0979 e. The maximum Gasteiger partial charge on any atom is 0.0979 e. The third kappa shape index (κ3) is 5.37. The normalized spacial score (nSPS) is 18.8. The lowest BCUT2D eigenvalue weighted by atomic mass is 9.72. The van der Waals surface area contributed by atoms with Crippen LogP contribution in [0.4, 0.5) is 0 Å². The number of benzene rings is 2. The van der Waals surface area contributed by atoms with Crippen LogP contribution in [0.5, 0.6) is 0 Å². The van der Waals surface area contributed by atoms with Crippen molar-refractivity contribution >= 4 is 27.5 Å². The van der Waals surface area contributed by atoms with Crippen molar-refractivity contribution in [3.63, 3.8) is 0 Å². The van der Waals surface area contributed by atoms with Crippen molar-refractivity contribution in [3.8, 4) is 0 Å². The third-order valence-corrected chi connectivity index (χ3v) is 6.24. The average molecular weight is 467 g/mol. The number of hydrogen-bond donors (Lipinski definition) is 1. The van der Waals surface area contributed by atoms with Crippen molar-refractivity contribution < 1.29 is 9.84 Å². The monoisotopic (exact) mass is 465 g/mol. The molecule has 2 atom stereocenters. The van der Waals surface area contributed by atoms with Crippen molar-refractivity contribution in [1.29, 1.82) is 0 Å². The Labute approximate surface area is 181 Å². The van der Waals surface area contributed by atoms with E-state index in [9.17, 15) is 5.11 Å². The third-order valence-electron chi connectivity index (χ3n) is 5.46. The summed E-state index contributed by atoms with van der Waals surface area (Å²) in [6.07, 6.45) is 0.687. The summed E-state index contributed by atoms with van der Waals surface area (Å²) in [6, 6.07) is 16.0. The van der Waals surface area contributed by atoms with E-state index in [1.54, 1.807) is 0 Å².